The van der Waals surface area contributed by atoms with Crippen LogP contribution >= 0.6 is 58.9 Å². The second-order valence-corrected chi connectivity index (χ2v) is 16.6. The van der Waals surface area contributed by atoms with E-state index in [1.54, 1.807) is 34.4 Å². The molecule has 2 aromatic carbocycles. The fourth-order valence-electron chi connectivity index (χ4n) is 6.90. The van der Waals surface area contributed by atoms with Gasteiger partial charge in [-0.05, 0) is 105 Å². The molecule has 6 aliphatic heterocycles. The molecular formula is C37H44N4S5. The van der Waals surface area contributed by atoms with Crippen molar-refractivity contribution in [2.75, 3.05) is 45.5 Å². The minimum Gasteiger partial charge on any atom is -0.371 e. The summed E-state index contributed by atoms with van der Waals surface area (Å²) in [4.78, 5) is 10.9. The van der Waals surface area contributed by atoms with Gasteiger partial charge in [-0.1, -0.05) is 85.1 Å². The quantitative estimate of drug-likeness (QED) is 0.203. The van der Waals surface area contributed by atoms with Crippen LogP contribution in [0.25, 0.3) is 20.9 Å². The van der Waals surface area contributed by atoms with Crippen molar-refractivity contribution >= 4 is 68.1 Å². The summed E-state index contributed by atoms with van der Waals surface area (Å²) >= 11 is 16.1. The van der Waals surface area contributed by atoms with E-state index in [2.05, 4.69) is 94.0 Å². The second kappa shape index (κ2) is 16.4. The maximum absolute atomic E-state index is 5.88. The molecule has 6 aliphatic rings. The highest BCUT2D eigenvalue weighted by molar-refractivity contribution is 8.23. The number of piperidine rings is 6. The van der Waals surface area contributed by atoms with Gasteiger partial charge in [0.25, 0.3) is 0 Å². The van der Waals surface area contributed by atoms with E-state index in [0.717, 1.165) is 34.1 Å². The minimum atomic E-state index is 0.493. The molecule has 0 radical (unpaired) electrons. The number of nitrogens with zero attached hydrogens (tertiary/aromatic N) is 2. The van der Waals surface area contributed by atoms with Gasteiger partial charge in [0.15, 0.2) is 0 Å². The molecule has 242 valence electrons. The van der Waals surface area contributed by atoms with Gasteiger partial charge < -0.3 is 20.9 Å². The summed E-state index contributed by atoms with van der Waals surface area (Å²) in [6, 6.07) is 30.5. The second-order valence-electron chi connectivity index (χ2n) is 12.6. The van der Waals surface area contributed by atoms with Crippen molar-refractivity contribution in [3.05, 3.63) is 94.7 Å². The predicted octanol–water partition coefficient (Wildman–Crippen LogP) is 8.27. The molecular weight excluding hydrogens is 661 g/mol. The van der Waals surface area contributed by atoms with Crippen LogP contribution < -0.4 is 11.1 Å². The predicted molar refractivity (Wildman–Crippen MR) is 210 cm³/mol. The average Bonchev–Trinajstić information content (AvgIpc) is 3.82. The third-order valence-corrected chi connectivity index (χ3v) is 14.0. The Bertz CT molecular complexity index is 1550. The Morgan fingerprint density at radius 2 is 1.20 bits per heavy atom. The Hall–Kier alpha value is -1.95. The highest BCUT2D eigenvalue weighted by Gasteiger charge is 2.34. The van der Waals surface area contributed by atoms with Gasteiger partial charge in [0, 0.05) is 34.9 Å². The molecule has 3 N–H and O–H groups in total. The molecule has 0 spiro atoms. The fourth-order valence-corrected chi connectivity index (χ4v) is 9.84. The number of nitrogens with two attached hydrogens (primary N) is 1. The van der Waals surface area contributed by atoms with E-state index in [-0.39, 0.29) is 0 Å². The Morgan fingerprint density at radius 3 is 1.63 bits per heavy atom. The van der Waals surface area contributed by atoms with E-state index in [4.69, 9.17) is 30.2 Å². The molecule has 6 saturated heterocycles. The van der Waals surface area contributed by atoms with Gasteiger partial charge in [-0.15, -0.1) is 34.4 Å². The van der Waals surface area contributed by atoms with E-state index in [9.17, 15) is 0 Å². The van der Waals surface area contributed by atoms with Crippen LogP contribution in [0, 0.1) is 11.8 Å². The van der Waals surface area contributed by atoms with Crippen molar-refractivity contribution in [3.63, 3.8) is 0 Å². The molecule has 0 saturated carbocycles. The van der Waals surface area contributed by atoms with Crippen LogP contribution in [-0.2, 0) is 0 Å². The smallest absolute Gasteiger partial charge is 0.117 e. The molecule has 10 rings (SSSR count). The minimum absolute atomic E-state index is 0.493. The van der Waals surface area contributed by atoms with Crippen molar-refractivity contribution < 1.29 is 0 Å². The number of rotatable bonds is 5. The number of fused-ring (bicyclic) bond motifs is 6. The summed E-state index contributed by atoms with van der Waals surface area (Å²) in [7, 11) is 0. The zero-order valence-corrected chi connectivity index (χ0v) is 30.6. The molecule has 4 bridgehead atoms. The number of thiophene rings is 2. The van der Waals surface area contributed by atoms with Crippen molar-refractivity contribution in [3.8, 4) is 20.9 Å². The van der Waals surface area contributed by atoms with Crippen LogP contribution in [0.3, 0.4) is 0 Å². The van der Waals surface area contributed by atoms with Crippen LogP contribution in [0.1, 0.15) is 35.4 Å². The molecule has 8 heterocycles. The van der Waals surface area contributed by atoms with Crippen LogP contribution in [0.2, 0.25) is 0 Å². The normalized spacial score (nSPS) is 25.9. The first kappa shape index (κ1) is 33.9. The van der Waals surface area contributed by atoms with Gasteiger partial charge in [0.1, 0.15) is 4.99 Å². The molecule has 1 unspecified atom stereocenters. The number of benzene rings is 2. The molecule has 4 aromatic rings. The molecule has 2 atom stereocenters. The lowest BCUT2D eigenvalue weighted by molar-refractivity contribution is 0.0816. The van der Waals surface area contributed by atoms with E-state index >= 15 is 0 Å². The highest BCUT2D eigenvalue weighted by Crippen LogP contribution is 2.32. The summed E-state index contributed by atoms with van der Waals surface area (Å²) < 4.78 is 0.974. The Kier molecular flexibility index (Phi) is 12.1. The number of hydrogen-bond donors (Lipinski definition) is 2. The van der Waals surface area contributed by atoms with E-state index < -0.39 is 0 Å². The highest BCUT2D eigenvalue weighted by atomic mass is 32.2. The van der Waals surface area contributed by atoms with E-state index in [1.165, 1.54) is 82.5 Å². The lowest BCUT2D eigenvalue weighted by atomic mass is 9.84. The van der Waals surface area contributed by atoms with Gasteiger partial charge >= 0.3 is 0 Å². The average molecular weight is 705 g/mol. The Labute approximate surface area is 297 Å². The molecule has 9 heteroatoms. The SMILES string of the molecule is CSC(=S)c1ccc(-c2ccccc2)s1.N[C@H]1CN2CCC1CC2.S=C(NC1CN2CCC1CC2)c1ccc(-c2ccccc2)s1. The monoisotopic (exact) mass is 704 g/mol. The maximum Gasteiger partial charge on any atom is 0.117 e. The van der Waals surface area contributed by atoms with E-state index in [0.29, 0.717) is 12.1 Å². The van der Waals surface area contributed by atoms with Gasteiger partial charge in [0.2, 0.25) is 0 Å². The summed E-state index contributed by atoms with van der Waals surface area (Å²) in [5.74, 6) is 1.66. The van der Waals surface area contributed by atoms with Crippen LogP contribution in [0.15, 0.2) is 84.9 Å². The summed E-state index contributed by atoms with van der Waals surface area (Å²) in [6.07, 6.45) is 7.35. The summed E-state index contributed by atoms with van der Waals surface area (Å²) in [6.45, 7) is 7.46. The van der Waals surface area contributed by atoms with Crippen LogP contribution in [-0.4, -0.2) is 76.6 Å². The topological polar surface area (TPSA) is 44.5 Å². The molecule has 46 heavy (non-hydrogen) atoms. The number of thiocarbonyl (C=S) groups is 2. The Balaban J connectivity index is 0.000000133. The van der Waals surface area contributed by atoms with Crippen molar-refractivity contribution in [2.45, 2.75) is 37.8 Å². The number of hydrogen-bond acceptors (Lipinski definition) is 8. The summed E-state index contributed by atoms with van der Waals surface area (Å²) in [5.41, 5.74) is 8.41. The molecule has 0 amide bonds. The zero-order valence-electron chi connectivity index (χ0n) is 26.5. The van der Waals surface area contributed by atoms with Gasteiger partial charge in [0.05, 0.1) is 14.0 Å². The number of nitrogens with one attached hydrogen (secondary N) is 1. The first-order chi connectivity index (χ1) is 22.5. The van der Waals surface area contributed by atoms with Crippen molar-refractivity contribution in [1.82, 2.24) is 15.1 Å². The first-order valence-corrected chi connectivity index (χ1v) is 20.0. The maximum atomic E-state index is 5.88. The lowest BCUT2D eigenvalue weighted by Crippen LogP contribution is -2.57. The zero-order chi connectivity index (χ0) is 31.9. The molecule has 0 aliphatic carbocycles. The first-order valence-electron chi connectivity index (χ1n) is 16.4. The van der Waals surface area contributed by atoms with Gasteiger partial charge in [-0.25, -0.2) is 0 Å². The van der Waals surface area contributed by atoms with Gasteiger partial charge in [-0.3, -0.25) is 0 Å². The van der Waals surface area contributed by atoms with E-state index in [1.807, 2.05) is 12.3 Å². The van der Waals surface area contributed by atoms with Crippen LogP contribution in [0.4, 0.5) is 0 Å². The largest absolute Gasteiger partial charge is 0.371 e. The van der Waals surface area contributed by atoms with Crippen LogP contribution in [0.5, 0.6) is 0 Å². The molecule has 6 fully saturated rings. The molecule has 2 aromatic heterocycles. The van der Waals surface area contributed by atoms with Crippen molar-refractivity contribution in [2.24, 2.45) is 17.6 Å². The molecule has 4 nitrogen and oxygen atoms in total. The van der Waals surface area contributed by atoms with Gasteiger partial charge in [-0.2, -0.15) is 0 Å². The van der Waals surface area contributed by atoms with Crippen molar-refractivity contribution in [1.29, 1.82) is 0 Å². The number of thioether (sulfide) groups is 1. The Morgan fingerprint density at radius 1 is 0.696 bits per heavy atom. The summed E-state index contributed by atoms with van der Waals surface area (Å²) in [5, 5.41) is 3.63. The standard InChI is InChI=1S/C18H20N2S2.C12H10S3.C7H14N2/c21-18(19-15-12-20-10-8-13(15)9-11-20)17-7-6-16(22-17)14-4-2-1-3-5-14;1-14-12(13)11-8-7-10(15-11)9-5-3-2-4-6-9;8-7-5-9-3-1-6(7)2-4-9/h1-7,13,15H,8-12H2,(H,19,21);2-8H,1H3;6-7H,1-5,8H2/t;;7-/m..0/s1. The fraction of sp³-hybridized carbons (Fsp3) is 0.405. The third kappa shape index (κ3) is 8.74. The third-order valence-electron chi connectivity index (χ3n) is 9.62. The lowest BCUT2D eigenvalue weighted by Gasteiger charge is -2.45.